The molecule has 0 atom stereocenters. The highest BCUT2D eigenvalue weighted by Crippen LogP contribution is 2.46. The predicted octanol–water partition coefficient (Wildman–Crippen LogP) is 13.0. The molecule has 44 heavy (non-hydrogen) atoms. The molecule has 0 saturated heterocycles. The molecule has 0 N–H and O–H groups in total. The highest BCUT2D eigenvalue weighted by Gasteiger charge is 2.18. The molecule has 0 saturated carbocycles. The van der Waals surface area contributed by atoms with Crippen molar-refractivity contribution in [2.24, 2.45) is 0 Å². The van der Waals surface area contributed by atoms with Crippen LogP contribution in [-0.4, -0.2) is 25.0 Å². The molecule has 216 valence electrons. The fourth-order valence-corrected chi connectivity index (χ4v) is 7.89. The van der Waals surface area contributed by atoms with E-state index in [1.807, 2.05) is 0 Å². The van der Waals surface area contributed by atoms with E-state index < -0.39 is 0 Å². The van der Waals surface area contributed by atoms with Gasteiger partial charge in [-0.05, 0) is 145 Å². The van der Waals surface area contributed by atoms with Crippen LogP contribution in [-0.2, 0) is 0 Å². The van der Waals surface area contributed by atoms with E-state index in [-0.39, 0.29) is 0 Å². The molecule has 0 bridgehead atoms. The van der Waals surface area contributed by atoms with Gasteiger partial charge in [0.05, 0.1) is 0 Å². The van der Waals surface area contributed by atoms with Crippen LogP contribution in [0.5, 0.6) is 0 Å². The lowest BCUT2D eigenvalue weighted by Gasteiger charge is -2.19. The van der Waals surface area contributed by atoms with Crippen LogP contribution in [0, 0.1) is 0 Å². The Morgan fingerprint density at radius 3 is 1.11 bits per heavy atom. The van der Waals surface area contributed by atoms with Crippen molar-refractivity contribution >= 4 is 79.4 Å². The van der Waals surface area contributed by atoms with Gasteiger partial charge < -0.3 is 0 Å². The van der Waals surface area contributed by atoms with Crippen molar-refractivity contribution < 1.29 is 0 Å². The Balaban J connectivity index is 1.64. The highest BCUT2D eigenvalue weighted by molar-refractivity contribution is 7.99. The maximum Gasteiger partial charge on any atom is 0.00757 e. The fourth-order valence-electron chi connectivity index (χ4n) is 6.23. The second-order valence-electron chi connectivity index (χ2n) is 10.8. The number of rotatable bonds is 7. The zero-order valence-electron chi connectivity index (χ0n) is 25.2. The average Bonchev–Trinajstić information content (AvgIpc) is 3.10. The summed E-state index contributed by atoms with van der Waals surface area (Å²) in [5, 5.41) is 7.83. The van der Waals surface area contributed by atoms with Crippen molar-refractivity contribution in [2.75, 3.05) is 25.0 Å². The van der Waals surface area contributed by atoms with E-state index in [0.717, 1.165) is 0 Å². The summed E-state index contributed by atoms with van der Waals surface area (Å²) in [6.45, 7) is 0. The number of fused-ring (bicyclic) bond motifs is 6. The molecule has 0 nitrogen and oxygen atoms in total. The van der Waals surface area contributed by atoms with Crippen LogP contribution in [0.3, 0.4) is 0 Å². The Bertz CT molecular complexity index is 2130. The Hall–Kier alpha value is -3.28. The Morgan fingerprint density at radius 2 is 0.659 bits per heavy atom. The molecule has 0 aromatic heterocycles. The van der Waals surface area contributed by atoms with Gasteiger partial charge in [0.1, 0.15) is 0 Å². The minimum Gasteiger partial charge on any atom is -0.130 e. The van der Waals surface area contributed by atoms with Crippen molar-refractivity contribution in [3.8, 4) is 33.4 Å². The van der Waals surface area contributed by atoms with Gasteiger partial charge in [-0.15, -0.1) is 47.0 Å². The summed E-state index contributed by atoms with van der Waals surface area (Å²) in [6, 6.07) is 45.8. The second-order valence-corrected chi connectivity index (χ2v) is 14.3. The van der Waals surface area contributed by atoms with Crippen molar-refractivity contribution in [3.63, 3.8) is 0 Å². The van der Waals surface area contributed by atoms with Crippen LogP contribution >= 0.6 is 47.0 Å². The standard InChI is InChI=1S/C40H32S4/c1-41-29-12-5-25(6-13-29)28-11-19-35-36-20-18-32(44-4)24-38(36)40-34(27-9-16-31(43-3)17-10-27)22-21-33(39(40)37(35)23-28)26-7-14-30(42-2)15-8-26/h5-24H,1-4H3. The van der Waals surface area contributed by atoms with Gasteiger partial charge in [-0.1, -0.05) is 66.7 Å². The highest BCUT2D eigenvalue weighted by atomic mass is 32.2. The van der Waals surface area contributed by atoms with Crippen LogP contribution in [0.2, 0.25) is 0 Å². The summed E-state index contributed by atoms with van der Waals surface area (Å²) in [7, 11) is 0. The van der Waals surface area contributed by atoms with Gasteiger partial charge >= 0.3 is 0 Å². The zero-order valence-corrected chi connectivity index (χ0v) is 28.4. The fraction of sp³-hybridized carbons (Fsp3) is 0.100. The first-order valence-corrected chi connectivity index (χ1v) is 19.4. The largest absolute Gasteiger partial charge is 0.130 e. The molecule has 0 aliphatic rings. The minimum atomic E-state index is 1.24. The third-order valence-corrected chi connectivity index (χ3v) is 11.5. The van der Waals surface area contributed by atoms with E-state index in [4.69, 9.17) is 0 Å². The molecule has 0 fully saturated rings. The number of thioether (sulfide) groups is 4. The van der Waals surface area contributed by atoms with Gasteiger partial charge in [-0.3, -0.25) is 0 Å². The van der Waals surface area contributed by atoms with Gasteiger partial charge in [-0.25, -0.2) is 0 Å². The van der Waals surface area contributed by atoms with Gasteiger partial charge in [0.15, 0.2) is 0 Å². The number of benzene rings is 7. The normalized spacial score (nSPS) is 11.5. The van der Waals surface area contributed by atoms with Gasteiger partial charge in [-0.2, -0.15) is 0 Å². The van der Waals surface area contributed by atoms with Crippen LogP contribution < -0.4 is 0 Å². The maximum atomic E-state index is 2.42. The third kappa shape index (κ3) is 5.32. The van der Waals surface area contributed by atoms with Crippen LogP contribution in [0.15, 0.2) is 141 Å². The lowest BCUT2D eigenvalue weighted by Crippen LogP contribution is -1.92. The minimum absolute atomic E-state index is 1.24. The molecule has 7 rings (SSSR count). The second kappa shape index (κ2) is 12.6. The maximum absolute atomic E-state index is 2.42. The van der Waals surface area contributed by atoms with E-state index in [1.54, 1.807) is 47.0 Å². The predicted molar refractivity (Wildman–Crippen MR) is 202 cm³/mol. The lowest BCUT2D eigenvalue weighted by atomic mass is 9.84. The van der Waals surface area contributed by atoms with Crippen LogP contribution in [0.4, 0.5) is 0 Å². The van der Waals surface area contributed by atoms with Crippen molar-refractivity contribution in [2.45, 2.75) is 19.6 Å². The quantitative estimate of drug-likeness (QED) is 0.125. The summed E-state index contributed by atoms with van der Waals surface area (Å²) in [5.41, 5.74) is 7.52. The zero-order chi connectivity index (χ0) is 30.2. The summed E-state index contributed by atoms with van der Waals surface area (Å²) in [4.78, 5) is 5.12. The summed E-state index contributed by atoms with van der Waals surface area (Å²) in [6.07, 6.45) is 8.57. The van der Waals surface area contributed by atoms with E-state index in [0.29, 0.717) is 0 Å². The van der Waals surface area contributed by atoms with E-state index in [2.05, 4.69) is 146 Å². The molecular weight excluding hydrogens is 609 g/mol. The molecule has 0 aliphatic heterocycles. The molecule has 0 radical (unpaired) electrons. The summed E-state index contributed by atoms with van der Waals surface area (Å²) >= 11 is 7.15. The molecule has 7 aromatic rings. The molecular formula is C40H32S4. The lowest BCUT2D eigenvalue weighted by molar-refractivity contribution is 1.46. The first-order chi connectivity index (χ1) is 21.6. The topological polar surface area (TPSA) is 0 Å². The monoisotopic (exact) mass is 640 g/mol. The van der Waals surface area contributed by atoms with Crippen molar-refractivity contribution in [3.05, 3.63) is 121 Å². The Labute approximate surface area is 277 Å². The molecule has 0 unspecified atom stereocenters. The molecule has 0 spiro atoms. The molecule has 0 amide bonds. The van der Waals surface area contributed by atoms with E-state index >= 15 is 0 Å². The van der Waals surface area contributed by atoms with Crippen LogP contribution in [0.25, 0.3) is 65.7 Å². The smallest absolute Gasteiger partial charge is 0.00757 e. The van der Waals surface area contributed by atoms with Crippen LogP contribution in [0.1, 0.15) is 0 Å². The van der Waals surface area contributed by atoms with Gasteiger partial charge in [0.25, 0.3) is 0 Å². The van der Waals surface area contributed by atoms with Gasteiger partial charge in [0.2, 0.25) is 0 Å². The van der Waals surface area contributed by atoms with E-state index in [9.17, 15) is 0 Å². The first-order valence-electron chi connectivity index (χ1n) is 14.6. The Morgan fingerprint density at radius 1 is 0.295 bits per heavy atom. The average molecular weight is 641 g/mol. The SMILES string of the molecule is CSc1ccc(-c2ccc3c4ccc(SC)cc4c4c(-c5ccc(SC)cc5)ccc(-c5ccc(SC)cc5)c4c3c2)cc1. The van der Waals surface area contributed by atoms with Gasteiger partial charge in [0, 0.05) is 19.6 Å². The van der Waals surface area contributed by atoms with E-state index in [1.165, 1.54) is 85.3 Å². The molecule has 4 heteroatoms. The summed E-state index contributed by atoms with van der Waals surface area (Å²) < 4.78 is 0. The Kier molecular flexibility index (Phi) is 8.43. The molecule has 7 aromatic carbocycles. The number of hydrogen-bond donors (Lipinski definition) is 0. The molecule has 0 aliphatic carbocycles. The molecule has 0 heterocycles. The van der Waals surface area contributed by atoms with Crippen molar-refractivity contribution in [1.29, 1.82) is 0 Å². The van der Waals surface area contributed by atoms with Crippen molar-refractivity contribution in [1.82, 2.24) is 0 Å². The summed E-state index contributed by atoms with van der Waals surface area (Å²) in [5.74, 6) is 0. The first kappa shape index (κ1) is 29.4. The third-order valence-electron chi connectivity index (χ3n) is 8.51. The number of hydrogen-bond acceptors (Lipinski definition) is 4.